The van der Waals surface area contributed by atoms with Crippen LogP contribution in [-0.2, 0) is 0 Å². The molecule has 2 aromatic heterocycles. The van der Waals surface area contributed by atoms with Crippen molar-refractivity contribution in [1.29, 1.82) is 0 Å². The Labute approximate surface area is 263 Å². The van der Waals surface area contributed by atoms with Crippen LogP contribution in [0.5, 0.6) is 0 Å². The predicted octanol–water partition coefficient (Wildman–Crippen LogP) is 8.13. The van der Waals surface area contributed by atoms with Crippen LogP contribution in [0.15, 0.2) is 176 Å². The molecule has 9 rings (SSSR count). The highest BCUT2D eigenvalue weighted by Gasteiger charge is 2.21. The highest BCUT2D eigenvalue weighted by Crippen LogP contribution is 2.40. The number of benzene rings is 7. The van der Waals surface area contributed by atoms with Crippen LogP contribution >= 0.6 is 0 Å². The number of fused-ring (bicyclic) bond motifs is 7. The lowest BCUT2D eigenvalue weighted by Gasteiger charge is -2.18. The van der Waals surface area contributed by atoms with Crippen LogP contribution in [0.2, 0.25) is 0 Å². The van der Waals surface area contributed by atoms with Crippen molar-refractivity contribution in [2.24, 2.45) is 0 Å². The lowest BCUT2D eigenvalue weighted by molar-refractivity contribution is 1.13. The van der Waals surface area contributed by atoms with E-state index in [0.717, 1.165) is 0 Å². The maximum atomic E-state index is 2.48. The van der Waals surface area contributed by atoms with Crippen molar-refractivity contribution in [3.8, 4) is 11.4 Å². The van der Waals surface area contributed by atoms with E-state index in [1.807, 2.05) is 0 Å². The number of aromatic nitrogens is 2. The number of hydrogen-bond acceptors (Lipinski definition) is 0. The maximum Gasteiger partial charge on any atom is 0.132 e. The molecule has 0 amide bonds. The van der Waals surface area contributed by atoms with E-state index >= 15 is 0 Å². The lowest BCUT2D eigenvalue weighted by Crippen LogP contribution is -2.51. The van der Waals surface area contributed by atoms with E-state index in [2.05, 4.69) is 185 Å². The van der Waals surface area contributed by atoms with Gasteiger partial charge in [-0.3, -0.25) is 0 Å². The summed E-state index contributed by atoms with van der Waals surface area (Å²) in [6, 6.07) is 62.4. The van der Waals surface area contributed by atoms with Gasteiger partial charge in [0.05, 0.1) is 16.6 Å². The van der Waals surface area contributed by atoms with Crippen LogP contribution in [0.25, 0.3) is 54.9 Å². The fourth-order valence-corrected chi connectivity index (χ4v) is 10.2. The van der Waals surface area contributed by atoms with Crippen LogP contribution in [0, 0.1) is 0 Å². The van der Waals surface area contributed by atoms with Crippen molar-refractivity contribution < 1.29 is 0 Å². The largest absolute Gasteiger partial charge is 0.317 e. The van der Waals surface area contributed by atoms with Crippen molar-refractivity contribution in [2.45, 2.75) is 0 Å². The second kappa shape index (κ2) is 10.5. The van der Waals surface area contributed by atoms with Crippen LogP contribution in [-0.4, -0.2) is 17.9 Å². The van der Waals surface area contributed by atoms with E-state index < -0.39 is 8.80 Å². The highest BCUT2D eigenvalue weighted by atomic mass is 28.3. The molecule has 0 spiro atoms. The lowest BCUT2D eigenvalue weighted by atomic mass is 10.0. The SMILES string of the molecule is c1ccc(-n2ccc3c4c(ccc5c6ccccc6n(-c6ccc([SiH](c7ccccc7)c7ccccc7)cc6)c54)ccc32)cc1. The number of hydrogen-bond donors (Lipinski definition) is 0. The van der Waals surface area contributed by atoms with Crippen LogP contribution in [0.1, 0.15) is 0 Å². The summed E-state index contributed by atoms with van der Waals surface area (Å²) in [5.74, 6) is 0. The molecule has 212 valence electrons. The van der Waals surface area contributed by atoms with Gasteiger partial charge in [0.15, 0.2) is 0 Å². The van der Waals surface area contributed by atoms with E-state index in [0.29, 0.717) is 0 Å². The van der Waals surface area contributed by atoms with E-state index in [4.69, 9.17) is 0 Å². The van der Waals surface area contributed by atoms with Gasteiger partial charge < -0.3 is 9.13 Å². The molecule has 0 unspecified atom stereocenters. The summed E-state index contributed by atoms with van der Waals surface area (Å²) in [4.78, 5) is 0. The average Bonchev–Trinajstić information content (AvgIpc) is 3.70. The zero-order chi connectivity index (χ0) is 29.7. The molecule has 0 N–H and O–H groups in total. The average molecular weight is 591 g/mol. The van der Waals surface area contributed by atoms with Crippen LogP contribution in [0.3, 0.4) is 0 Å². The number of para-hydroxylation sites is 2. The van der Waals surface area contributed by atoms with Gasteiger partial charge in [0, 0.05) is 39.1 Å². The van der Waals surface area contributed by atoms with Gasteiger partial charge in [-0.2, -0.15) is 0 Å². The van der Waals surface area contributed by atoms with Crippen molar-refractivity contribution in [3.05, 3.63) is 176 Å². The minimum absolute atomic E-state index is 1.17. The quantitative estimate of drug-likeness (QED) is 0.142. The first-order chi connectivity index (χ1) is 22.3. The summed E-state index contributed by atoms with van der Waals surface area (Å²) in [6.07, 6.45) is 2.21. The Hall–Kier alpha value is -5.64. The summed E-state index contributed by atoms with van der Waals surface area (Å²) in [6.45, 7) is 0. The Morgan fingerprint density at radius 3 is 1.69 bits per heavy atom. The van der Waals surface area contributed by atoms with Gasteiger partial charge in [-0.15, -0.1) is 0 Å². The first-order valence-corrected chi connectivity index (χ1v) is 17.3. The minimum Gasteiger partial charge on any atom is -0.317 e. The van der Waals surface area contributed by atoms with Gasteiger partial charge >= 0.3 is 0 Å². The molecule has 3 heteroatoms. The van der Waals surface area contributed by atoms with Crippen molar-refractivity contribution in [3.63, 3.8) is 0 Å². The molecule has 0 aliphatic rings. The molecule has 0 radical (unpaired) electrons. The minimum atomic E-state index is -1.62. The molecule has 2 heterocycles. The molecule has 0 bridgehead atoms. The smallest absolute Gasteiger partial charge is 0.132 e. The number of nitrogens with zero attached hydrogens (tertiary/aromatic N) is 2. The summed E-state index contributed by atoms with van der Waals surface area (Å²) >= 11 is 0. The summed E-state index contributed by atoms with van der Waals surface area (Å²) in [7, 11) is -1.62. The molecule has 0 fully saturated rings. The predicted molar refractivity (Wildman–Crippen MR) is 194 cm³/mol. The van der Waals surface area contributed by atoms with Crippen LogP contribution in [0.4, 0.5) is 0 Å². The molecule has 7 aromatic carbocycles. The van der Waals surface area contributed by atoms with Gasteiger partial charge in [-0.1, -0.05) is 143 Å². The zero-order valence-corrected chi connectivity index (χ0v) is 25.9. The zero-order valence-electron chi connectivity index (χ0n) is 24.7. The van der Waals surface area contributed by atoms with Crippen molar-refractivity contribution >= 4 is 67.8 Å². The summed E-state index contributed by atoms with van der Waals surface area (Å²) < 4.78 is 4.78. The van der Waals surface area contributed by atoms with Gasteiger partial charge in [-0.25, -0.2) is 0 Å². The molecule has 0 aliphatic heterocycles. The van der Waals surface area contributed by atoms with Crippen molar-refractivity contribution in [2.75, 3.05) is 0 Å². The van der Waals surface area contributed by atoms with E-state index in [1.54, 1.807) is 0 Å². The molecule has 45 heavy (non-hydrogen) atoms. The molecule has 9 aromatic rings. The molecule has 0 saturated carbocycles. The van der Waals surface area contributed by atoms with Gasteiger partial charge in [0.25, 0.3) is 0 Å². The number of rotatable bonds is 5. The third-order valence-corrected chi connectivity index (χ3v) is 12.4. The standard InChI is InChI=1S/C42H30N2Si/c1-4-12-31(13-5-1)43-29-28-38-39(43)27-21-30-20-26-37-36-18-10-11-19-40(36)44(42(37)41(30)38)32-22-24-35(25-23-32)45(33-14-6-2-7-15-33)34-16-8-3-9-17-34/h1-29,45H. The Morgan fingerprint density at radius 2 is 0.978 bits per heavy atom. The maximum absolute atomic E-state index is 2.48. The molecule has 0 atom stereocenters. The van der Waals surface area contributed by atoms with E-state index in [9.17, 15) is 0 Å². The summed E-state index contributed by atoms with van der Waals surface area (Å²) in [5.41, 5.74) is 6.06. The Kier molecular flexibility index (Phi) is 6.03. The van der Waals surface area contributed by atoms with Gasteiger partial charge in [-0.05, 0) is 47.9 Å². The Balaban J connectivity index is 1.29. The third-order valence-electron chi connectivity index (χ3n) is 9.27. The van der Waals surface area contributed by atoms with Gasteiger partial charge in [0.1, 0.15) is 8.80 Å². The molecule has 0 aliphatic carbocycles. The van der Waals surface area contributed by atoms with Crippen molar-refractivity contribution in [1.82, 2.24) is 9.13 Å². The second-order valence-electron chi connectivity index (χ2n) is 11.8. The first-order valence-electron chi connectivity index (χ1n) is 15.6. The Bertz CT molecular complexity index is 2420. The monoisotopic (exact) mass is 590 g/mol. The summed E-state index contributed by atoms with van der Waals surface area (Å²) in [5, 5.41) is 10.7. The van der Waals surface area contributed by atoms with Gasteiger partial charge in [0.2, 0.25) is 0 Å². The van der Waals surface area contributed by atoms with E-state index in [-0.39, 0.29) is 0 Å². The van der Waals surface area contributed by atoms with E-state index in [1.165, 1.54) is 70.4 Å². The third kappa shape index (κ3) is 4.16. The normalized spacial score (nSPS) is 11.8. The fourth-order valence-electron chi connectivity index (χ4n) is 7.26. The molecular formula is C42H30N2Si. The Morgan fingerprint density at radius 1 is 0.378 bits per heavy atom. The molecule has 2 nitrogen and oxygen atoms in total. The first kappa shape index (κ1) is 25.8. The fraction of sp³-hybridized carbons (Fsp3) is 0. The second-order valence-corrected chi connectivity index (χ2v) is 14.6. The highest BCUT2D eigenvalue weighted by molar-refractivity contribution is 6.95. The molecule has 0 saturated heterocycles. The topological polar surface area (TPSA) is 9.86 Å². The molecular weight excluding hydrogens is 561 g/mol. The van der Waals surface area contributed by atoms with Crippen LogP contribution < -0.4 is 15.6 Å².